The average molecular weight is 540 g/mol. The monoisotopic (exact) mass is 539 g/mol. The van der Waals surface area contributed by atoms with Gasteiger partial charge in [-0.15, -0.1) is 0 Å². The van der Waals surface area contributed by atoms with E-state index in [-0.39, 0.29) is 12.6 Å². The lowest BCUT2D eigenvalue weighted by atomic mass is 9.93. The largest absolute Gasteiger partial charge is 0.468 e. The smallest absolute Gasteiger partial charge is 0.349 e. The number of rotatable bonds is 7. The topological polar surface area (TPSA) is 86.9 Å². The lowest BCUT2D eigenvalue weighted by molar-refractivity contribution is 0.0512. The van der Waals surface area contributed by atoms with Gasteiger partial charge in [-0.05, 0) is 60.6 Å². The molecule has 2 aromatic heterocycles. The number of benzene rings is 2. The number of hydrogen-bond acceptors (Lipinski definition) is 9. The minimum Gasteiger partial charge on any atom is -0.468 e. The summed E-state index contributed by atoms with van der Waals surface area (Å²) >= 11 is 1.41. The van der Waals surface area contributed by atoms with Gasteiger partial charge < -0.3 is 23.5 Å². The van der Waals surface area contributed by atoms with Crippen LogP contribution in [0, 0.1) is 12.7 Å². The Morgan fingerprint density at radius 1 is 1.16 bits per heavy atom. The van der Waals surface area contributed by atoms with Gasteiger partial charge in [-0.1, -0.05) is 24.8 Å². The fourth-order valence-corrected chi connectivity index (χ4v) is 5.33. The van der Waals surface area contributed by atoms with Crippen molar-refractivity contribution in [3.05, 3.63) is 51.6 Å². The zero-order valence-electron chi connectivity index (χ0n) is 21.9. The molecule has 0 aliphatic carbocycles. The second-order valence-corrected chi connectivity index (χ2v) is 9.83. The number of aryl methyl sites for hydroxylation is 2. The Morgan fingerprint density at radius 2 is 2.00 bits per heavy atom. The highest BCUT2D eigenvalue weighted by Crippen LogP contribution is 2.39. The summed E-state index contributed by atoms with van der Waals surface area (Å²) in [7, 11) is 1.54. The third kappa shape index (κ3) is 4.83. The predicted molar refractivity (Wildman–Crippen MR) is 147 cm³/mol. The van der Waals surface area contributed by atoms with Crippen molar-refractivity contribution < 1.29 is 23.0 Å². The first-order valence-electron chi connectivity index (χ1n) is 12.6. The van der Waals surface area contributed by atoms with Crippen molar-refractivity contribution in [2.45, 2.75) is 31.8 Å². The van der Waals surface area contributed by atoms with E-state index in [1.165, 1.54) is 24.9 Å². The van der Waals surface area contributed by atoms with Crippen molar-refractivity contribution in [1.82, 2.24) is 9.97 Å². The Balaban J connectivity index is 1.82. The van der Waals surface area contributed by atoms with Gasteiger partial charge in [0.05, 0.1) is 12.1 Å². The molecule has 1 aliphatic heterocycles. The molecule has 0 saturated carbocycles. The van der Waals surface area contributed by atoms with Crippen LogP contribution in [0.15, 0.2) is 38.6 Å². The van der Waals surface area contributed by atoms with E-state index in [9.17, 15) is 9.18 Å². The van der Waals surface area contributed by atoms with Crippen LogP contribution in [-0.4, -0.2) is 56.4 Å². The van der Waals surface area contributed by atoms with E-state index in [2.05, 4.69) is 4.90 Å². The van der Waals surface area contributed by atoms with Crippen LogP contribution in [-0.2, 0) is 15.9 Å². The van der Waals surface area contributed by atoms with Crippen LogP contribution in [0.25, 0.3) is 33.0 Å². The van der Waals surface area contributed by atoms with Crippen molar-refractivity contribution in [2.24, 2.45) is 0 Å². The summed E-state index contributed by atoms with van der Waals surface area (Å²) < 4.78 is 37.4. The maximum absolute atomic E-state index is 15.0. The van der Waals surface area contributed by atoms with Gasteiger partial charge >= 0.3 is 5.63 Å². The number of halogens is 1. The Hall–Kier alpha value is -3.21. The van der Waals surface area contributed by atoms with Gasteiger partial charge in [0.15, 0.2) is 11.9 Å². The van der Waals surface area contributed by atoms with E-state index in [4.69, 9.17) is 28.6 Å². The summed E-state index contributed by atoms with van der Waals surface area (Å²) in [6, 6.07) is 6.75. The average Bonchev–Trinajstić information content (AvgIpc) is 3.22. The van der Waals surface area contributed by atoms with Crippen molar-refractivity contribution in [3.8, 4) is 17.1 Å². The van der Waals surface area contributed by atoms with Crippen LogP contribution >= 0.6 is 11.8 Å². The van der Waals surface area contributed by atoms with E-state index < -0.39 is 5.63 Å². The number of nitrogens with zero attached hydrogens (tertiary/aromatic N) is 3. The summed E-state index contributed by atoms with van der Waals surface area (Å²) in [5.74, 6) is 1.08. The molecule has 0 radical (unpaired) electrons. The summed E-state index contributed by atoms with van der Waals surface area (Å²) in [4.78, 5) is 25.2. The third-order valence-corrected chi connectivity index (χ3v) is 7.30. The molecule has 0 N–H and O–H groups in total. The number of thioether (sulfide) groups is 1. The van der Waals surface area contributed by atoms with E-state index in [0.29, 0.717) is 88.2 Å². The van der Waals surface area contributed by atoms with Crippen LogP contribution in [0.5, 0.6) is 5.75 Å². The van der Waals surface area contributed by atoms with E-state index in [1.807, 2.05) is 26.2 Å². The molecule has 0 atom stereocenters. The van der Waals surface area contributed by atoms with Crippen LogP contribution in [0.1, 0.15) is 24.5 Å². The van der Waals surface area contributed by atoms with Gasteiger partial charge in [0.25, 0.3) is 0 Å². The molecular weight excluding hydrogens is 509 g/mol. The number of methoxy groups -OCH3 is 1. The molecule has 38 heavy (non-hydrogen) atoms. The molecule has 1 saturated heterocycles. The quantitative estimate of drug-likeness (QED) is 0.175. The number of aromatic nitrogens is 2. The number of fused-ring (bicyclic) bond motifs is 2. The lowest BCUT2D eigenvalue weighted by Gasteiger charge is -2.23. The van der Waals surface area contributed by atoms with Gasteiger partial charge in [-0.2, -0.15) is 0 Å². The first kappa shape index (κ1) is 26.4. The molecule has 0 spiro atoms. The van der Waals surface area contributed by atoms with Gasteiger partial charge in [0, 0.05) is 37.9 Å². The zero-order valence-corrected chi connectivity index (χ0v) is 22.7. The first-order valence-corrected chi connectivity index (χ1v) is 13.8. The molecule has 3 heterocycles. The molecule has 8 nitrogen and oxygen atoms in total. The summed E-state index contributed by atoms with van der Waals surface area (Å²) in [6.45, 7) is 6.35. The molecule has 0 bridgehead atoms. The molecule has 5 rings (SSSR count). The van der Waals surface area contributed by atoms with E-state index >= 15 is 0 Å². The predicted octanol–water partition coefficient (Wildman–Crippen LogP) is 5.34. The highest BCUT2D eigenvalue weighted by molar-refractivity contribution is 7.98. The summed E-state index contributed by atoms with van der Waals surface area (Å²) in [5.41, 5.74) is 1.74. The minimum atomic E-state index is -0.542. The Morgan fingerprint density at radius 3 is 2.76 bits per heavy atom. The second kappa shape index (κ2) is 11.3. The van der Waals surface area contributed by atoms with Crippen LogP contribution in [0.3, 0.4) is 0 Å². The van der Waals surface area contributed by atoms with Crippen LogP contribution in [0.4, 0.5) is 10.2 Å². The molecule has 4 aromatic rings. The van der Waals surface area contributed by atoms with Gasteiger partial charge in [0.2, 0.25) is 0 Å². The zero-order chi connectivity index (χ0) is 26.8. The molecule has 0 unspecified atom stereocenters. The second-order valence-electron chi connectivity index (χ2n) is 9.05. The van der Waals surface area contributed by atoms with Gasteiger partial charge in [0.1, 0.15) is 28.5 Å². The summed E-state index contributed by atoms with van der Waals surface area (Å²) in [5, 5.41) is 2.34. The summed E-state index contributed by atoms with van der Waals surface area (Å²) in [6.07, 6.45) is 3.19. The highest BCUT2D eigenvalue weighted by atomic mass is 32.2. The van der Waals surface area contributed by atoms with Crippen molar-refractivity contribution in [2.75, 3.05) is 51.4 Å². The Bertz CT molecular complexity index is 1550. The van der Waals surface area contributed by atoms with E-state index in [0.717, 1.165) is 11.8 Å². The Kier molecular flexibility index (Phi) is 7.83. The van der Waals surface area contributed by atoms with Gasteiger partial charge in [-0.3, -0.25) is 0 Å². The fraction of sp³-hybridized carbons (Fsp3) is 0.393. The van der Waals surface area contributed by atoms with Crippen molar-refractivity contribution >= 4 is 39.3 Å². The number of ether oxygens (including phenoxy) is 3. The molecule has 1 fully saturated rings. The molecule has 0 amide bonds. The lowest BCUT2D eigenvalue weighted by Crippen LogP contribution is -2.28. The SMILES string of the molecule is CCc1c(F)ccc2cc(OCOC)cc(-c3oc(=O)c4c(N5CCCOCC5)nc(SC)nc4c3C)c12. The Labute approximate surface area is 224 Å². The third-order valence-electron chi connectivity index (χ3n) is 6.75. The van der Waals surface area contributed by atoms with Crippen molar-refractivity contribution in [3.63, 3.8) is 0 Å². The van der Waals surface area contributed by atoms with Crippen LogP contribution in [0.2, 0.25) is 0 Å². The van der Waals surface area contributed by atoms with Gasteiger partial charge in [-0.25, -0.2) is 19.2 Å². The molecule has 2 aromatic carbocycles. The maximum Gasteiger partial charge on any atom is 0.349 e. The minimum absolute atomic E-state index is 0.0423. The number of anilines is 1. The standard InChI is InChI=1S/C28H30FN3O5S/c1-5-19-21(29)8-7-17-13-18(36-15-34-3)14-20(22(17)19)25-16(2)24-23(27(33)37-25)26(31-28(30-24)38-4)32-9-6-11-35-12-10-32/h7-8,13-14H,5-6,9-12,15H2,1-4H3. The van der Waals surface area contributed by atoms with E-state index in [1.54, 1.807) is 12.1 Å². The van der Waals surface area contributed by atoms with Crippen LogP contribution < -0.4 is 15.3 Å². The maximum atomic E-state index is 15.0. The normalized spacial score (nSPS) is 14.3. The number of hydrogen-bond donors (Lipinski definition) is 0. The van der Waals surface area contributed by atoms with Crippen molar-refractivity contribution in [1.29, 1.82) is 0 Å². The first-order chi connectivity index (χ1) is 18.5. The highest BCUT2D eigenvalue weighted by Gasteiger charge is 2.25. The molecule has 10 heteroatoms. The molecule has 1 aliphatic rings. The molecule has 200 valence electrons. The fourth-order valence-electron chi connectivity index (χ4n) is 4.97. The molecular formula is C28H30FN3O5S.